The number of benzene rings is 2. The number of primary amides is 1. The summed E-state index contributed by atoms with van der Waals surface area (Å²) in [6.45, 7) is 2.42. The highest BCUT2D eigenvalue weighted by atomic mass is 19.1. The molecule has 0 saturated carbocycles. The lowest BCUT2D eigenvalue weighted by molar-refractivity contribution is -0.139. The van der Waals surface area contributed by atoms with Crippen LogP contribution in [0.2, 0.25) is 0 Å². The minimum Gasteiger partial charge on any atom is -0.478 e. The summed E-state index contributed by atoms with van der Waals surface area (Å²) >= 11 is 0. The standard InChI is InChI=1S/C24H23F2N3O3/c1-14(32-21-7-3-2-6-19(21)26)24(31)29-10-4-5-15(13-29)22-18(23(27)30)12-16-11-17(25)8-9-20(16)28-22/h2-3,6-9,11-12,14-15H,4-5,10,13H2,1H3,(H2,27,30)/t14-,15+/m1/s1. The van der Waals surface area contributed by atoms with Gasteiger partial charge in [0.2, 0.25) is 0 Å². The zero-order chi connectivity index (χ0) is 22.8. The van der Waals surface area contributed by atoms with Gasteiger partial charge in [0.1, 0.15) is 5.82 Å². The Morgan fingerprint density at radius 1 is 1.19 bits per heavy atom. The van der Waals surface area contributed by atoms with Gasteiger partial charge in [0, 0.05) is 24.4 Å². The summed E-state index contributed by atoms with van der Waals surface area (Å²) in [6.07, 6.45) is 0.532. The van der Waals surface area contributed by atoms with Crippen molar-refractivity contribution in [1.29, 1.82) is 0 Å². The van der Waals surface area contributed by atoms with Crippen LogP contribution < -0.4 is 10.5 Å². The molecule has 3 aromatic rings. The Balaban J connectivity index is 1.57. The van der Waals surface area contributed by atoms with Gasteiger partial charge < -0.3 is 15.4 Å². The predicted molar refractivity (Wildman–Crippen MR) is 115 cm³/mol. The van der Waals surface area contributed by atoms with E-state index in [2.05, 4.69) is 4.98 Å². The Labute approximate surface area is 184 Å². The van der Waals surface area contributed by atoms with Gasteiger partial charge in [-0.15, -0.1) is 0 Å². The Morgan fingerprint density at radius 3 is 2.72 bits per heavy atom. The number of halogens is 2. The van der Waals surface area contributed by atoms with Crippen molar-refractivity contribution in [2.75, 3.05) is 13.1 Å². The van der Waals surface area contributed by atoms with Crippen molar-refractivity contribution >= 4 is 22.7 Å². The third-order valence-electron chi connectivity index (χ3n) is 5.68. The number of carbonyl (C=O) groups is 2. The number of para-hydroxylation sites is 1. The van der Waals surface area contributed by atoms with E-state index >= 15 is 0 Å². The van der Waals surface area contributed by atoms with E-state index in [1.54, 1.807) is 36.1 Å². The molecule has 166 valence electrons. The number of hydrogen-bond donors (Lipinski definition) is 1. The zero-order valence-electron chi connectivity index (χ0n) is 17.6. The van der Waals surface area contributed by atoms with Crippen LogP contribution in [0.5, 0.6) is 5.75 Å². The van der Waals surface area contributed by atoms with Gasteiger partial charge >= 0.3 is 0 Å². The molecule has 8 heteroatoms. The second kappa shape index (κ2) is 8.90. The first-order valence-electron chi connectivity index (χ1n) is 10.4. The van der Waals surface area contributed by atoms with E-state index in [1.807, 2.05) is 0 Å². The van der Waals surface area contributed by atoms with Gasteiger partial charge in [-0.3, -0.25) is 14.6 Å². The van der Waals surface area contributed by atoms with Gasteiger partial charge in [-0.05, 0) is 56.2 Å². The number of hydrogen-bond acceptors (Lipinski definition) is 4. The van der Waals surface area contributed by atoms with Crippen LogP contribution in [0.15, 0.2) is 48.5 Å². The number of nitrogens with zero attached hydrogens (tertiary/aromatic N) is 2. The Morgan fingerprint density at radius 2 is 1.97 bits per heavy atom. The minimum atomic E-state index is -0.881. The van der Waals surface area contributed by atoms with Crippen molar-refractivity contribution in [3.8, 4) is 5.75 Å². The number of nitrogens with two attached hydrogens (primary N) is 1. The monoisotopic (exact) mass is 439 g/mol. The normalized spacial score (nSPS) is 17.2. The third kappa shape index (κ3) is 4.39. The molecule has 0 spiro atoms. The molecule has 1 fully saturated rings. The van der Waals surface area contributed by atoms with Crippen molar-refractivity contribution in [3.05, 3.63) is 71.4 Å². The van der Waals surface area contributed by atoms with Crippen LogP contribution >= 0.6 is 0 Å². The molecule has 1 aliphatic heterocycles. The summed E-state index contributed by atoms with van der Waals surface area (Å²) in [5.74, 6) is -2.10. The molecule has 2 atom stereocenters. The molecule has 0 unspecified atom stereocenters. The van der Waals surface area contributed by atoms with Crippen LogP contribution in [0.3, 0.4) is 0 Å². The lowest BCUT2D eigenvalue weighted by Crippen LogP contribution is -2.45. The van der Waals surface area contributed by atoms with Gasteiger partial charge in [-0.25, -0.2) is 8.78 Å². The van der Waals surface area contributed by atoms with Gasteiger partial charge in [0.15, 0.2) is 17.7 Å². The number of ether oxygens (including phenoxy) is 1. The SMILES string of the molecule is C[C@@H](Oc1ccccc1F)C(=O)N1CCC[C@H](c2nc3ccc(F)cc3cc2C(N)=O)C1. The van der Waals surface area contributed by atoms with E-state index in [9.17, 15) is 18.4 Å². The molecule has 1 aromatic heterocycles. The Bertz CT molecular complexity index is 1180. The van der Waals surface area contributed by atoms with E-state index in [4.69, 9.17) is 10.5 Å². The largest absolute Gasteiger partial charge is 0.478 e. The van der Waals surface area contributed by atoms with E-state index in [0.717, 1.165) is 0 Å². The summed E-state index contributed by atoms with van der Waals surface area (Å²) in [5, 5.41) is 0.484. The van der Waals surface area contributed by atoms with E-state index in [0.29, 0.717) is 42.5 Å². The molecule has 1 saturated heterocycles. The number of aromatic nitrogens is 1. The van der Waals surface area contributed by atoms with E-state index in [-0.39, 0.29) is 23.1 Å². The molecule has 1 aliphatic rings. The van der Waals surface area contributed by atoms with Crippen molar-refractivity contribution in [2.45, 2.75) is 31.8 Å². The molecular formula is C24H23F2N3O3. The number of fused-ring (bicyclic) bond motifs is 1. The van der Waals surface area contributed by atoms with Crippen molar-refractivity contribution in [2.24, 2.45) is 5.73 Å². The quantitative estimate of drug-likeness (QED) is 0.656. The zero-order valence-corrected chi connectivity index (χ0v) is 17.6. The maximum absolute atomic E-state index is 13.9. The van der Waals surface area contributed by atoms with Gasteiger partial charge in [-0.2, -0.15) is 0 Å². The van der Waals surface area contributed by atoms with E-state index in [1.165, 1.54) is 24.3 Å². The fourth-order valence-corrected chi connectivity index (χ4v) is 4.11. The third-order valence-corrected chi connectivity index (χ3v) is 5.68. The summed E-state index contributed by atoms with van der Waals surface area (Å²) in [4.78, 5) is 31.3. The molecular weight excluding hydrogens is 416 g/mol. The first-order valence-corrected chi connectivity index (χ1v) is 10.4. The highest BCUT2D eigenvalue weighted by Crippen LogP contribution is 2.31. The molecule has 6 nitrogen and oxygen atoms in total. The topological polar surface area (TPSA) is 85.5 Å². The fraction of sp³-hybridized carbons (Fsp3) is 0.292. The number of amides is 2. The summed E-state index contributed by atoms with van der Waals surface area (Å²) in [7, 11) is 0. The maximum atomic E-state index is 13.9. The Hall–Kier alpha value is -3.55. The molecule has 0 bridgehead atoms. The molecule has 0 radical (unpaired) electrons. The van der Waals surface area contributed by atoms with Crippen molar-refractivity contribution in [1.82, 2.24) is 9.88 Å². The van der Waals surface area contributed by atoms with Crippen LogP contribution in [0, 0.1) is 11.6 Å². The molecule has 32 heavy (non-hydrogen) atoms. The van der Waals surface area contributed by atoms with Crippen molar-refractivity contribution < 1.29 is 23.1 Å². The molecule has 4 rings (SSSR count). The predicted octanol–water partition coefficient (Wildman–Crippen LogP) is 3.79. The average Bonchev–Trinajstić information content (AvgIpc) is 2.79. The maximum Gasteiger partial charge on any atom is 0.263 e. The van der Waals surface area contributed by atoms with Crippen LogP contribution in [0.4, 0.5) is 8.78 Å². The minimum absolute atomic E-state index is 0.0151. The van der Waals surface area contributed by atoms with Gasteiger partial charge in [-0.1, -0.05) is 12.1 Å². The lowest BCUT2D eigenvalue weighted by Gasteiger charge is -2.34. The van der Waals surface area contributed by atoms with Crippen molar-refractivity contribution in [3.63, 3.8) is 0 Å². The van der Waals surface area contributed by atoms with Crippen LogP contribution in [0.1, 0.15) is 41.7 Å². The first-order chi connectivity index (χ1) is 15.3. The molecule has 0 aliphatic carbocycles. The molecule has 2 N–H and O–H groups in total. The average molecular weight is 439 g/mol. The number of rotatable bonds is 5. The van der Waals surface area contributed by atoms with Gasteiger partial charge in [0.05, 0.1) is 16.8 Å². The first kappa shape index (κ1) is 21.7. The summed E-state index contributed by atoms with van der Waals surface area (Å²) in [6, 6.07) is 11.6. The van der Waals surface area contributed by atoms with Crippen LogP contribution in [0.25, 0.3) is 10.9 Å². The van der Waals surface area contributed by atoms with E-state index < -0.39 is 23.6 Å². The molecule has 2 heterocycles. The highest BCUT2D eigenvalue weighted by molar-refractivity contribution is 5.98. The molecule has 2 amide bonds. The van der Waals surface area contributed by atoms with Crippen LogP contribution in [-0.4, -0.2) is 40.9 Å². The molecule has 2 aromatic carbocycles. The second-order valence-electron chi connectivity index (χ2n) is 7.94. The number of carbonyl (C=O) groups excluding carboxylic acids is 2. The highest BCUT2D eigenvalue weighted by Gasteiger charge is 2.31. The second-order valence-corrected chi connectivity index (χ2v) is 7.94. The Kier molecular flexibility index (Phi) is 6.03. The lowest BCUT2D eigenvalue weighted by atomic mass is 9.90. The fourth-order valence-electron chi connectivity index (χ4n) is 4.11. The number of likely N-dealkylation sites (tertiary alicyclic amines) is 1. The van der Waals surface area contributed by atoms with Crippen LogP contribution in [-0.2, 0) is 4.79 Å². The number of piperidine rings is 1. The summed E-state index contributed by atoms with van der Waals surface area (Å²) < 4.78 is 33.0. The summed E-state index contributed by atoms with van der Waals surface area (Å²) in [5.41, 5.74) is 6.85. The smallest absolute Gasteiger partial charge is 0.263 e. The number of pyridine rings is 1. The van der Waals surface area contributed by atoms with Gasteiger partial charge in [0.25, 0.3) is 11.8 Å².